The van der Waals surface area contributed by atoms with Crippen molar-refractivity contribution in [2.75, 3.05) is 18.1 Å². The van der Waals surface area contributed by atoms with Gasteiger partial charge in [0.1, 0.15) is 0 Å². The molecule has 1 unspecified atom stereocenters. The Bertz CT molecular complexity index is 996. The Balaban J connectivity index is 1.80. The SMILES string of the molecule is CNC(=O)C(C)(O)c1ccc(C(=O)Nc2cc(-c3cccs3)ccc2N)cc1. The van der Waals surface area contributed by atoms with Gasteiger partial charge in [0.2, 0.25) is 0 Å². The number of likely N-dealkylation sites (N-methyl/N-ethyl adjacent to an activating group) is 1. The molecule has 3 aromatic rings. The molecule has 1 heterocycles. The third-order valence-electron chi connectivity index (χ3n) is 4.49. The van der Waals surface area contributed by atoms with Gasteiger partial charge in [0.05, 0.1) is 11.4 Å². The van der Waals surface area contributed by atoms with Crippen LogP contribution in [0.15, 0.2) is 60.0 Å². The Morgan fingerprint density at radius 2 is 1.82 bits per heavy atom. The number of carbonyl (C=O) groups excluding carboxylic acids is 2. The lowest BCUT2D eigenvalue weighted by Gasteiger charge is -2.21. The molecule has 0 fully saturated rings. The summed E-state index contributed by atoms with van der Waals surface area (Å²) in [7, 11) is 1.45. The van der Waals surface area contributed by atoms with Gasteiger partial charge in [0, 0.05) is 17.5 Å². The zero-order valence-electron chi connectivity index (χ0n) is 15.5. The van der Waals surface area contributed by atoms with Crippen LogP contribution in [0.1, 0.15) is 22.8 Å². The molecule has 0 radical (unpaired) electrons. The molecular formula is C21H21N3O3S. The van der Waals surface area contributed by atoms with Crippen LogP contribution in [0.4, 0.5) is 11.4 Å². The van der Waals surface area contributed by atoms with Crippen LogP contribution in [0.2, 0.25) is 0 Å². The summed E-state index contributed by atoms with van der Waals surface area (Å²) >= 11 is 1.60. The number of thiophene rings is 1. The molecule has 0 aliphatic carbocycles. The van der Waals surface area contributed by atoms with Gasteiger partial charge in [-0.15, -0.1) is 11.3 Å². The maximum absolute atomic E-state index is 12.6. The average Bonchev–Trinajstić information content (AvgIpc) is 3.23. The van der Waals surface area contributed by atoms with E-state index in [1.165, 1.54) is 14.0 Å². The van der Waals surface area contributed by atoms with Crippen molar-refractivity contribution in [2.24, 2.45) is 0 Å². The van der Waals surface area contributed by atoms with Gasteiger partial charge in [-0.05, 0) is 53.8 Å². The van der Waals surface area contributed by atoms with Crippen LogP contribution in [-0.2, 0) is 10.4 Å². The number of carbonyl (C=O) groups is 2. The monoisotopic (exact) mass is 395 g/mol. The fourth-order valence-electron chi connectivity index (χ4n) is 2.78. The van der Waals surface area contributed by atoms with Crippen LogP contribution in [-0.4, -0.2) is 24.0 Å². The molecule has 2 amide bonds. The highest BCUT2D eigenvalue weighted by Crippen LogP contribution is 2.30. The molecule has 144 valence electrons. The third-order valence-corrected chi connectivity index (χ3v) is 5.40. The number of nitrogen functional groups attached to an aromatic ring is 1. The molecule has 0 saturated carbocycles. The van der Waals surface area contributed by atoms with Crippen molar-refractivity contribution in [1.82, 2.24) is 5.32 Å². The van der Waals surface area contributed by atoms with Gasteiger partial charge >= 0.3 is 0 Å². The van der Waals surface area contributed by atoms with E-state index < -0.39 is 11.5 Å². The average molecular weight is 395 g/mol. The van der Waals surface area contributed by atoms with E-state index in [9.17, 15) is 14.7 Å². The van der Waals surface area contributed by atoms with E-state index in [1.807, 2.05) is 29.6 Å². The summed E-state index contributed by atoms with van der Waals surface area (Å²) in [5, 5.41) is 17.6. The van der Waals surface area contributed by atoms with E-state index in [2.05, 4.69) is 10.6 Å². The second kappa shape index (κ2) is 7.84. The fraction of sp³-hybridized carbons (Fsp3) is 0.143. The second-order valence-electron chi connectivity index (χ2n) is 6.46. The lowest BCUT2D eigenvalue weighted by atomic mass is 9.94. The van der Waals surface area contributed by atoms with Gasteiger partial charge in [-0.2, -0.15) is 0 Å². The van der Waals surface area contributed by atoms with E-state index in [4.69, 9.17) is 5.73 Å². The van der Waals surface area contributed by atoms with Gasteiger partial charge in [-0.1, -0.05) is 24.3 Å². The van der Waals surface area contributed by atoms with Crippen LogP contribution >= 0.6 is 11.3 Å². The Morgan fingerprint density at radius 1 is 1.11 bits per heavy atom. The molecule has 7 heteroatoms. The summed E-state index contributed by atoms with van der Waals surface area (Å²) in [6.07, 6.45) is 0. The minimum Gasteiger partial charge on any atom is -0.397 e. The molecule has 2 aromatic carbocycles. The first-order valence-electron chi connectivity index (χ1n) is 8.63. The minimum atomic E-state index is -1.68. The van der Waals surface area contributed by atoms with E-state index in [-0.39, 0.29) is 5.91 Å². The number of rotatable bonds is 5. The maximum atomic E-state index is 12.6. The highest BCUT2D eigenvalue weighted by atomic mass is 32.1. The molecule has 0 aliphatic rings. The molecule has 1 aromatic heterocycles. The van der Waals surface area contributed by atoms with Crippen LogP contribution < -0.4 is 16.4 Å². The van der Waals surface area contributed by atoms with Crippen molar-refractivity contribution < 1.29 is 14.7 Å². The highest BCUT2D eigenvalue weighted by Gasteiger charge is 2.31. The summed E-state index contributed by atoms with van der Waals surface area (Å²) in [4.78, 5) is 25.5. The number of benzene rings is 2. The number of nitrogens with two attached hydrogens (primary N) is 1. The summed E-state index contributed by atoms with van der Waals surface area (Å²) in [6.45, 7) is 1.40. The van der Waals surface area contributed by atoms with Crippen molar-refractivity contribution in [3.63, 3.8) is 0 Å². The summed E-state index contributed by atoms with van der Waals surface area (Å²) < 4.78 is 0. The van der Waals surface area contributed by atoms with Crippen molar-refractivity contribution >= 4 is 34.5 Å². The Labute approximate surface area is 167 Å². The van der Waals surface area contributed by atoms with Crippen LogP contribution in [0.3, 0.4) is 0 Å². The third kappa shape index (κ3) is 3.90. The number of amides is 2. The standard InChI is InChI=1S/C21H21N3O3S/c1-21(27,20(26)23-2)15-8-5-13(6-9-15)19(25)24-17-12-14(7-10-16(17)22)18-4-3-11-28-18/h3-12,27H,22H2,1-2H3,(H,23,26)(H,24,25). The summed E-state index contributed by atoms with van der Waals surface area (Å²) in [5.74, 6) is -0.857. The van der Waals surface area contributed by atoms with E-state index in [1.54, 1.807) is 41.7 Å². The largest absolute Gasteiger partial charge is 0.397 e. The molecule has 0 saturated heterocycles. The first-order valence-corrected chi connectivity index (χ1v) is 9.50. The zero-order valence-corrected chi connectivity index (χ0v) is 16.3. The summed E-state index contributed by atoms with van der Waals surface area (Å²) in [6, 6.07) is 15.7. The molecule has 0 spiro atoms. The predicted molar refractivity (Wildman–Crippen MR) is 112 cm³/mol. The Kier molecular flexibility index (Phi) is 5.48. The number of anilines is 2. The summed E-state index contributed by atoms with van der Waals surface area (Å²) in [5.41, 5.74) is 7.07. The number of hydrogen-bond acceptors (Lipinski definition) is 5. The van der Waals surface area contributed by atoms with E-state index in [0.29, 0.717) is 22.5 Å². The van der Waals surface area contributed by atoms with Gasteiger partial charge < -0.3 is 21.5 Å². The minimum absolute atomic E-state index is 0.332. The maximum Gasteiger partial charge on any atom is 0.256 e. The topological polar surface area (TPSA) is 104 Å². The Hall–Kier alpha value is -3.16. The van der Waals surface area contributed by atoms with Crippen LogP contribution in [0.5, 0.6) is 0 Å². The lowest BCUT2D eigenvalue weighted by molar-refractivity contribution is -0.138. The Morgan fingerprint density at radius 3 is 2.43 bits per heavy atom. The first-order chi connectivity index (χ1) is 13.3. The van der Waals surface area contributed by atoms with Crippen molar-refractivity contribution in [2.45, 2.75) is 12.5 Å². The second-order valence-corrected chi connectivity index (χ2v) is 7.41. The van der Waals surface area contributed by atoms with Gasteiger partial charge in [-0.3, -0.25) is 9.59 Å². The zero-order chi connectivity index (χ0) is 20.3. The lowest BCUT2D eigenvalue weighted by Crippen LogP contribution is -2.40. The molecule has 0 bridgehead atoms. The molecular weight excluding hydrogens is 374 g/mol. The van der Waals surface area contributed by atoms with Gasteiger partial charge in [0.15, 0.2) is 5.60 Å². The molecule has 28 heavy (non-hydrogen) atoms. The fourth-order valence-corrected chi connectivity index (χ4v) is 3.50. The molecule has 1 atom stereocenters. The van der Waals surface area contributed by atoms with Gasteiger partial charge in [0.25, 0.3) is 11.8 Å². The molecule has 3 rings (SSSR count). The number of aliphatic hydroxyl groups is 1. The van der Waals surface area contributed by atoms with Crippen LogP contribution in [0.25, 0.3) is 10.4 Å². The number of nitrogens with one attached hydrogen (secondary N) is 2. The molecule has 6 nitrogen and oxygen atoms in total. The molecule has 5 N–H and O–H groups in total. The van der Waals surface area contributed by atoms with Crippen molar-refractivity contribution in [1.29, 1.82) is 0 Å². The molecule has 0 aliphatic heterocycles. The highest BCUT2D eigenvalue weighted by molar-refractivity contribution is 7.13. The smallest absolute Gasteiger partial charge is 0.256 e. The normalized spacial score (nSPS) is 12.8. The van der Waals surface area contributed by atoms with Gasteiger partial charge in [-0.25, -0.2) is 0 Å². The van der Waals surface area contributed by atoms with E-state index >= 15 is 0 Å². The first kappa shape index (κ1) is 19.6. The van der Waals surface area contributed by atoms with Crippen molar-refractivity contribution in [3.05, 3.63) is 71.1 Å². The quantitative estimate of drug-likeness (QED) is 0.498. The number of hydrogen-bond donors (Lipinski definition) is 4. The van der Waals surface area contributed by atoms with Crippen molar-refractivity contribution in [3.8, 4) is 10.4 Å². The predicted octanol–water partition coefficient (Wildman–Crippen LogP) is 3.20. The van der Waals surface area contributed by atoms with Crippen LogP contribution in [0, 0.1) is 0 Å². The van der Waals surface area contributed by atoms with E-state index in [0.717, 1.165) is 10.4 Å².